The first-order valence-electron chi connectivity index (χ1n) is 8.76. The van der Waals surface area contributed by atoms with E-state index in [0.29, 0.717) is 17.1 Å². The molecule has 8 nitrogen and oxygen atoms in total. The van der Waals surface area contributed by atoms with Gasteiger partial charge in [0.2, 0.25) is 0 Å². The molecule has 1 amide bonds. The Morgan fingerprint density at radius 2 is 1.79 bits per heavy atom. The molecule has 0 unspecified atom stereocenters. The lowest BCUT2D eigenvalue weighted by molar-refractivity contribution is 0.102. The zero-order valence-corrected chi connectivity index (χ0v) is 15.5. The van der Waals surface area contributed by atoms with Gasteiger partial charge in [-0.2, -0.15) is 10.2 Å². The summed E-state index contributed by atoms with van der Waals surface area (Å²) >= 11 is 0. The molecule has 0 bridgehead atoms. The smallest absolute Gasteiger partial charge is 0.259 e. The third-order valence-corrected chi connectivity index (χ3v) is 4.26. The number of ether oxygens (including phenoxy) is 1. The molecule has 4 rings (SSSR count). The van der Waals surface area contributed by atoms with Crippen LogP contribution in [0.25, 0.3) is 11.0 Å². The molecule has 29 heavy (non-hydrogen) atoms. The standard InChI is InChI=1S/C21H17N5O3/c1-29-16-6-2-13(3-7-16)25-26-15-5-9-20(27)17(10-15)21(28)24-14-4-8-18-19(11-14)23-12-22-18/h2-12,27H,1H3,(H,22,23)(H,24,28)/b26-25+. The summed E-state index contributed by atoms with van der Waals surface area (Å²) in [6, 6.07) is 16.9. The number of amides is 1. The summed E-state index contributed by atoms with van der Waals surface area (Å²) in [4.78, 5) is 19.7. The first-order chi connectivity index (χ1) is 14.1. The number of H-pyrrole nitrogens is 1. The topological polar surface area (TPSA) is 112 Å². The van der Waals surface area contributed by atoms with Gasteiger partial charge in [0, 0.05) is 5.69 Å². The molecule has 3 aromatic carbocycles. The molecule has 0 atom stereocenters. The third kappa shape index (κ3) is 4.06. The Hall–Kier alpha value is -4.20. The molecule has 8 heteroatoms. The summed E-state index contributed by atoms with van der Waals surface area (Å²) in [6.07, 6.45) is 1.58. The molecule has 0 fully saturated rings. The minimum atomic E-state index is -0.456. The van der Waals surface area contributed by atoms with Gasteiger partial charge in [-0.05, 0) is 60.7 Å². The minimum absolute atomic E-state index is 0.0980. The maximum absolute atomic E-state index is 12.6. The fraction of sp³-hybridized carbons (Fsp3) is 0.0476. The van der Waals surface area contributed by atoms with E-state index in [9.17, 15) is 9.90 Å². The van der Waals surface area contributed by atoms with Crippen LogP contribution in [0.2, 0.25) is 0 Å². The van der Waals surface area contributed by atoms with Crippen LogP contribution in [0.1, 0.15) is 10.4 Å². The van der Waals surface area contributed by atoms with E-state index in [1.165, 1.54) is 12.1 Å². The van der Waals surface area contributed by atoms with E-state index in [2.05, 4.69) is 25.5 Å². The molecular formula is C21H17N5O3. The van der Waals surface area contributed by atoms with Crippen molar-refractivity contribution < 1.29 is 14.6 Å². The number of carbonyl (C=O) groups excluding carboxylic acids is 1. The number of rotatable bonds is 5. The highest BCUT2D eigenvalue weighted by Gasteiger charge is 2.13. The predicted octanol–water partition coefficient (Wildman–Crippen LogP) is 4.94. The van der Waals surface area contributed by atoms with Crippen molar-refractivity contribution in [1.29, 1.82) is 0 Å². The van der Waals surface area contributed by atoms with Gasteiger partial charge in [-0.15, -0.1) is 0 Å². The molecule has 1 heterocycles. The highest BCUT2D eigenvalue weighted by molar-refractivity contribution is 6.07. The number of aromatic nitrogens is 2. The van der Waals surface area contributed by atoms with E-state index < -0.39 is 5.91 Å². The molecule has 0 saturated heterocycles. The average molecular weight is 387 g/mol. The van der Waals surface area contributed by atoms with Crippen molar-refractivity contribution in [2.75, 3.05) is 12.4 Å². The molecule has 0 aliphatic carbocycles. The van der Waals surface area contributed by atoms with Crippen LogP contribution < -0.4 is 10.1 Å². The summed E-state index contributed by atoms with van der Waals surface area (Å²) in [6.45, 7) is 0. The lowest BCUT2D eigenvalue weighted by atomic mass is 10.1. The monoisotopic (exact) mass is 387 g/mol. The Balaban J connectivity index is 1.53. The van der Waals surface area contributed by atoms with Crippen LogP contribution in [-0.2, 0) is 0 Å². The number of aromatic hydroxyl groups is 1. The molecule has 0 aliphatic heterocycles. The van der Waals surface area contributed by atoms with Gasteiger partial charge < -0.3 is 20.1 Å². The van der Waals surface area contributed by atoms with Gasteiger partial charge in [0.05, 0.1) is 41.4 Å². The quantitative estimate of drug-likeness (QED) is 0.421. The number of azo groups is 1. The van der Waals surface area contributed by atoms with Gasteiger partial charge in [0.15, 0.2) is 0 Å². The van der Waals surface area contributed by atoms with Crippen molar-refractivity contribution in [2.24, 2.45) is 10.2 Å². The summed E-state index contributed by atoms with van der Waals surface area (Å²) in [5.41, 5.74) is 3.35. The molecule has 3 N–H and O–H groups in total. The molecule has 1 aromatic heterocycles. The Kier molecular flexibility index (Phi) is 4.90. The highest BCUT2D eigenvalue weighted by Crippen LogP contribution is 2.27. The normalized spacial score (nSPS) is 11.1. The van der Waals surface area contributed by atoms with Gasteiger partial charge in [-0.1, -0.05) is 0 Å². The minimum Gasteiger partial charge on any atom is -0.507 e. The summed E-state index contributed by atoms with van der Waals surface area (Å²) < 4.78 is 5.11. The maximum Gasteiger partial charge on any atom is 0.259 e. The van der Waals surface area contributed by atoms with Crippen LogP contribution in [0.15, 0.2) is 77.2 Å². The maximum atomic E-state index is 12.6. The van der Waals surface area contributed by atoms with E-state index in [1.807, 2.05) is 0 Å². The van der Waals surface area contributed by atoms with Crippen LogP contribution in [-0.4, -0.2) is 28.1 Å². The van der Waals surface area contributed by atoms with Gasteiger partial charge in [0.1, 0.15) is 11.5 Å². The first-order valence-corrected chi connectivity index (χ1v) is 8.76. The van der Waals surface area contributed by atoms with Crippen molar-refractivity contribution >= 4 is 34.0 Å². The van der Waals surface area contributed by atoms with Crippen LogP contribution in [0, 0.1) is 0 Å². The van der Waals surface area contributed by atoms with Crippen molar-refractivity contribution in [1.82, 2.24) is 9.97 Å². The summed E-state index contributed by atoms with van der Waals surface area (Å²) in [5, 5.41) is 21.1. The van der Waals surface area contributed by atoms with E-state index in [0.717, 1.165) is 16.8 Å². The number of hydrogen-bond donors (Lipinski definition) is 3. The van der Waals surface area contributed by atoms with Crippen molar-refractivity contribution in [2.45, 2.75) is 0 Å². The number of phenols is 1. The molecule has 0 spiro atoms. The molecule has 0 radical (unpaired) electrons. The zero-order chi connectivity index (χ0) is 20.2. The molecule has 4 aromatic rings. The zero-order valence-electron chi connectivity index (χ0n) is 15.5. The largest absolute Gasteiger partial charge is 0.507 e. The van der Waals surface area contributed by atoms with Crippen LogP contribution >= 0.6 is 0 Å². The summed E-state index contributed by atoms with van der Waals surface area (Å²) in [7, 11) is 1.59. The number of nitrogens with zero attached hydrogens (tertiary/aromatic N) is 3. The second-order valence-electron chi connectivity index (χ2n) is 6.19. The number of aromatic amines is 1. The molecule has 0 saturated carbocycles. The highest BCUT2D eigenvalue weighted by atomic mass is 16.5. The van der Waals surface area contributed by atoms with Crippen LogP contribution in [0.3, 0.4) is 0 Å². The lowest BCUT2D eigenvalue weighted by Crippen LogP contribution is -2.11. The number of carbonyl (C=O) groups is 1. The van der Waals surface area contributed by atoms with Gasteiger partial charge in [-0.25, -0.2) is 4.98 Å². The van der Waals surface area contributed by atoms with E-state index in [1.54, 1.807) is 62.0 Å². The van der Waals surface area contributed by atoms with Crippen molar-refractivity contribution in [3.8, 4) is 11.5 Å². The van der Waals surface area contributed by atoms with E-state index in [4.69, 9.17) is 4.74 Å². The number of phenolic OH excluding ortho intramolecular Hbond substituents is 1. The molecule has 144 valence electrons. The van der Waals surface area contributed by atoms with Gasteiger partial charge in [0.25, 0.3) is 5.91 Å². The van der Waals surface area contributed by atoms with Crippen molar-refractivity contribution in [3.63, 3.8) is 0 Å². The van der Waals surface area contributed by atoms with Crippen LogP contribution in [0.4, 0.5) is 17.1 Å². The second-order valence-corrected chi connectivity index (χ2v) is 6.19. The van der Waals surface area contributed by atoms with Gasteiger partial charge in [-0.3, -0.25) is 4.79 Å². The fourth-order valence-electron chi connectivity index (χ4n) is 2.74. The SMILES string of the molecule is COc1ccc(/N=N/c2ccc(O)c(C(=O)Nc3ccc4nc[nH]c4c3)c2)cc1. The number of methoxy groups -OCH3 is 1. The number of anilines is 1. The number of nitrogens with one attached hydrogen (secondary N) is 2. The number of fused-ring (bicyclic) bond motifs is 1. The number of benzene rings is 3. The molecule has 0 aliphatic rings. The van der Waals surface area contributed by atoms with E-state index in [-0.39, 0.29) is 11.3 Å². The molecular weight excluding hydrogens is 370 g/mol. The van der Waals surface area contributed by atoms with Gasteiger partial charge >= 0.3 is 0 Å². The summed E-state index contributed by atoms with van der Waals surface area (Å²) in [5.74, 6) is 0.122. The van der Waals surface area contributed by atoms with Crippen molar-refractivity contribution in [3.05, 3.63) is 72.6 Å². The third-order valence-electron chi connectivity index (χ3n) is 4.26. The second kappa shape index (κ2) is 7.81. The first kappa shape index (κ1) is 18.2. The van der Waals surface area contributed by atoms with Crippen LogP contribution in [0.5, 0.6) is 11.5 Å². The Labute approximate surface area is 165 Å². The lowest BCUT2D eigenvalue weighted by Gasteiger charge is -2.07. The Bertz CT molecular complexity index is 1200. The number of imidazole rings is 1. The average Bonchev–Trinajstić information content (AvgIpc) is 3.21. The fourth-order valence-corrected chi connectivity index (χ4v) is 2.74. The van der Waals surface area contributed by atoms with E-state index >= 15 is 0 Å². The Morgan fingerprint density at radius 1 is 1.03 bits per heavy atom. The Morgan fingerprint density at radius 3 is 2.59 bits per heavy atom. The number of hydrogen-bond acceptors (Lipinski definition) is 6. The predicted molar refractivity (Wildman–Crippen MR) is 109 cm³/mol.